The maximum absolute atomic E-state index is 3.59. The molecule has 1 aromatic carbocycles. The van der Waals surface area contributed by atoms with Crippen molar-refractivity contribution in [3.8, 4) is 0 Å². The Labute approximate surface area is 120 Å². The topological polar surface area (TPSA) is 12.0 Å². The first-order valence-electron chi connectivity index (χ1n) is 6.77. The standard InChI is InChI=1S/C16H26BrN/c1-12(13(2)11-18-16(3,4)5)10-14-6-8-15(17)9-7-14/h6-9,12-13,18H,10-11H2,1-5H3. The van der Waals surface area contributed by atoms with Crippen molar-refractivity contribution in [1.29, 1.82) is 0 Å². The zero-order chi connectivity index (χ0) is 13.8. The van der Waals surface area contributed by atoms with Crippen LogP contribution in [0.1, 0.15) is 40.2 Å². The van der Waals surface area contributed by atoms with Gasteiger partial charge in [-0.15, -0.1) is 0 Å². The Morgan fingerprint density at radius 3 is 2.11 bits per heavy atom. The van der Waals surface area contributed by atoms with Crippen LogP contribution in [0.25, 0.3) is 0 Å². The second-order valence-corrected chi connectivity index (χ2v) is 7.33. The fourth-order valence-corrected chi connectivity index (χ4v) is 2.13. The zero-order valence-corrected chi connectivity index (χ0v) is 13.8. The van der Waals surface area contributed by atoms with Crippen molar-refractivity contribution in [3.63, 3.8) is 0 Å². The molecular formula is C16H26BrN. The molecule has 1 aromatic rings. The summed E-state index contributed by atoms with van der Waals surface area (Å²) in [5.41, 5.74) is 1.64. The normalized spacial score (nSPS) is 15.4. The Bertz CT molecular complexity index is 350. The summed E-state index contributed by atoms with van der Waals surface area (Å²) >= 11 is 3.48. The number of nitrogens with one attached hydrogen (secondary N) is 1. The highest BCUT2D eigenvalue weighted by atomic mass is 79.9. The summed E-state index contributed by atoms with van der Waals surface area (Å²) in [5.74, 6) is 1.38. The molecule has 0 saturated heterocycles. The van der Waals surface area contributed by atoms with E-state index in [1.807, 2.05) is 0 Å². The van der Waals surface area contributed by atoms with Crippen LogP contribution in [-0.2, 0) is 6.42 Å². The molecule has 0 aliphatic rings. The third kappa shape index (κ3) is 6.01. The van der Waals surface area contributed by atoms with Crippen molar-refractivity contribution in [1.82, 2.24) is 5.32 Å². The van der Waals surface area contributed by atoms with E-state index in [2.05, 4.69) is 80.1 Å². The van der Waals surface area contributed by atoms with Crippen LogP contribution >= 0.6 is 15.9 Å². The quantitative estimate of drug-likeness (QED) is 0.834. The van der Waals surface area contributed by atoms with Crippen molar-refractivity contribution < 1.29 is 0 Å². The Balaban J connectivity index is 2.44. The van der Waals surface area contributed by atoms with Gasteiger partial charge in [0.2, 0.25) is 0 Å². The summed E-state index contributed by atoms with van der Waals surface area (Å²) in [5, 5.41) is 3.59. The minimum absolute atomic E-state index is 0.214. The summed E-state index contributed by atoms with van der Waals surface area (Å²) in [6.07, 6.45) is 1.15. The lowest BCUT2D eigenvalue weighted by molar-refractivity contribution is 0.317. The van der Waals surface area contributed by atoms with Crippen molar-refractivity contribution in [2.75, 3.05) is 6.54 Å². The average molecular weight is 312 g/mol. The van der Waals surface area contributed by atoms with Gasteiger partial charge in [0.1, 0.15) is 0 Å². The summed E-state index contributed by atoms with van der Waals surface area (Å²) in [4.78, 5) is 0. The van der Waals surface area contributed by atoms with Gasteiger partial charge in [0, 0.05) is 10.0 Å². The third-order valence-electron chi connectivity index (χ3n) is 3.40. The SMILES string of the molecule is CC(CNC(C)(C)C)C(C)Cc1ccc(Br)cc1. The molecule has 0 spiro atoms. The highest BCUT2D eigenvalue weighted by Gasteiger charge is 2.16. The number of benzene rings is 1. The molecule has 0 radical (unpaired) electrons. The maximum Gasteiger partial charge on any atom is 0.0175 e. The molecule has 2 heteroatoms. The number of halogens is 1. The molecule has 0 saturated carbocycles. The first-order chi connectivity index (χ1) is 8.28. The predicted molar refractivity (Wildman–Crippen MR) is 83.9 cm³/mol. The van der Waals surface area contributed by atoms with Gasteiger partial charge in [0.25, 0.3) is 0 Å². The van der Waals surface area contributed by atoms with E-state index < -0.39 is 0 Å². The van der Waals surface area contributed by atoms with Gasteiger partial charge in [-0.05, 0) is 63.3 Å². The first kappa shape index (κ1) is 15.7. The molecule has 1 rings (SSSR count). The Kier molecular flexibility index (Phi) is 5.87. The van der Waals surface area contributed by atoms with Gasteiger partial charge < -0.3 is 5.32 Å². The lowest BCUT2D eigenvalue weighted by atomic mass is 9.89. The van der Waals surface area contributed by atoms with Gasteiger partial charge in [-0.2, -0.15) is 0 Å². The van der Waals surface area contributed by atoms with Crippen LogP contribution in [0, 0.1) is 11.8 Å². The van der Waals surface area contributed by atoms with E-state index in [4.69, 9.17) is 0 Å². The number of hydrogen-bond donors (Lipinski definition) is 1. The van der Waals surface area contributed by atoms with Crippen LogP contribution in [0.5, 0.6) is 0 Å². The van der Waals surface area contributed by atoms with E-state index in [0.29, 0.717) is 11.8 Å². The predicted octanol–water partition coefficient (Wildman–Crippen LogP) is 4.65. The molecule has 0 aliphatic carbocycles. The van der Waals surface area contributed by atoms with E-state index >= 15 is 0 Å². The Hall–Kier alpha value is -0.340. The largest absolute Gasteiger partial charge is 0.312 e. The second-order valence-electron chi connectivity index (χ2n) is 6.42. The van der Waals surface area contributed by atoms with Gasteiger partial charge in [0.15, 0.2) is 0 Å². The molecule has 0 heterocycles. The van der Waals surface area contributed by atoms with Crippen LogP contribution in [0.4, 0.5) is 0 Å². The van der Waals surface area contributed by atoms with Crippen LogP contribution in [-0.4, -0.2) is 12.1 Å². The highest BCUT2D eigenvalue weighted by Crippen LogP contribution is 2.19. The minimum Gasteiger partial charge on any atom is -0.312 e. The molecule has 0 aromatic heterocycles. The van der Waals surface area contributed by atoms with E-state index in [9.17, 15) is 0 Å². The zero-order valence-electron chi connectivity index (χ0n) is 12.3. The van der Waals surface area contributed by atoms with Gasteiger partial charge in [-0.3, -0.25) is 0 Å². The molecule has 2 unspecified atom stereocenters. The number of hydrogen-bond acceptors (Lipinski definition) is 1. The summed E-state index contributed by atoms with van der Waals surface area (Å²) in [6, 6.07) is 8.68. The molecule has 0 aliphatic heterocycles. The summed E-state index contributed by atoms with van der Waals surface area (Å²) < 4.78 is 1.15. The van der Waals surface area contributed by atoms with Crippen molar-refractivity contribution in [2.24, 2.45) is 11.8 Å². The van der Waals surface area contributed by atoms with Gasteiger partial charge >= 0.3 is 0 Å². The molecule has 1 N–H and O–H groups in total. The van der Waals surface area contributed by atoms with Gasteiger partial charge in [0.05, 0.1) is 0 Å². The minimum atomic E-state index is 0.214. The van der Waals surface area contributed by atoms with Crippen molar-refractivity contribution >= 4 is 15.9 Å². The summed E-state index contributed by atoms with van der Waals surface area (Å²) in [6.45, 7) is 12.4. The fraction of sp³-hybridized carbons (Fsp3) is 0.625. The number of rotatable bonds is 5. The van der Waals surface area contributed by atoms with Gasteiger partial charge in [-0.1, -0.05) is 41.9 Å². The molecule has 2 atom stereocenters. The van der Waals surface area contributed by atoms with Crippen LogP contribution in [0.15, 0.2) is 28.7 Å². The third-order valence-corrected chi connectivity index (χ3v) is 3.93. The van der Waals surface area contributed by atoms with E-state index in [1.165, 1.54) is 5.56 Å². The molecule has 0 amide bonds. The van der Waals surface area contributed by atoms with Crippen molar-refractivity contribution in [2.45, 2.75) is 46.6 Å². The van der Waals surface area contributed by atoms with E-state index in [1.54, 1.807) is 0 Å². The lowest BCUT2D eigenvalue weighted by Gasteiger charge is -2.26. The van der Waals surface area contributed by atoms with E-state index in [-0.39, 0.29) is 5.54 Å². The molecule has 0 fully saturated rings. The smallest absolute Gasteiger partial charge is 0.0175 e. The molecule has 0 bridgehead atoms. The molecule has 18 heavy (non-hydrogen) atoms. The lowest BCUT2D eigenvalue weighted by Crippen LogP contribution is -2.40. The van der Waals surface area contributed by atoms with Crippen LogP contribution in [0.3, 0.4) is 0 Å². The van der Waals surface area contributed by atoms with Gasteiger partial charge in [-0.25, -0.2) is 0 Å². The first-order valence-corrected chi connectivity index (χ1v) is 7.56. The molecular weight excluding hydrogens is 286 g/mol. The van der Waals surface area contributed by atoms with E-state index in [0.717, 1.165) is 17.4 Å². The van der Waals surface area contributed by atoms with Crippen LogP contribution < -0.4 is 5.32 Å². The monoisotopic (exact) mass is 311 g/mol. The van der Waals surface area contributed by atoms with Crippen LogP contribution in [0.2, 0.25) is 0 Å². The summed E-state index contributed by atoms with van der Waals surface area (Å²) in [7, 11) is 0. The van der Waals surface area contributed by atoms with Crippen molar-refractivity contribution in [3.05, 3.63) is 34.3 Å². The Morgan fingerprint density at radius 2 is 1.61 bits per heavy atom. The highest BCUT2D eigenvalue weighted by molar-refractivity contribution is 9.10. The second kappa shape index (κ2) is 6.72. The molecule has 102 valence electrons. The maximum atomic E-state index is 3.59. The average Bonchev–Trinajstić information content (AvgIpc) is 2.28. The fourth-order valence-electron chi connectivity index (χ4n) is 1.86. The molecule has 1 nitrogen and oxygen atoms in total. The Morgan fingerprint density at radius 1 is 1.06 bits per heavy atom.